The summed E-state index contributed by atoms with van der Waals surface area (Å²) in [6, 6.07) is 17.2. The van der Waals surface area contributed by atoms with Gasteiger partial charge in [0.1, 0.15) is 10.9 Å². The molecular formula is C20H18ClN3O2. The predicted octanol–water partition coefficient (Wildman–Crippen LogP) is 4.09. The van der Waals surface area contributed by atoms with E-state index in [1.165, 1.54) is 0 Å². The summed E-state index contributed by atoms with van der Waals surface area (Å²) in [7, 11) is 0. The molecule has 4 rings (SSSR count). The van der Waals surface area contributed by atoms with Crippen LogP contribution in [0.25, 0.3) is 5.69 Å². The van der Waals surface area contributed by atoms with Crippen molar-refractivity contribution in [1.29, 1.82) is 0 Å². The second kappa shape index (κ2) is 6.84. The van der Waals surface area contributed by atoms with Gasteiger partial charge in [0.05, 0.1) is 29.6 Å². The molecule has 2 heterocycles. The first-order valence-corrected chi connectivity index (χ1v) is 8.86. The summed E-state index contributed by atoms with van der Waals surface area (Å²) in [5, 5.41) is 7.83. The number of nitrogens with zero attached hydrogens (tertiary/aromatic N) is 2. The zero-order chi connectivity index (χ0) is 18.1. The number of para-hydroxylation sites is 2. The van der Waals surface area contributed by atoms with Crippen molar-refractivity contribution < 1.29 is 9.53 Å². The number of benzene rings is 2. The van der Waals surface area contributed by atoms with Gasteiger partial charge in [-0.15, -0.1) is 0 Å². The van der Waals surface area contributed by atoms with Crippen LogP contribution in [-0.2, 0) is 0 Å². The van der Waals surface area contributed by atoms with Gasteiger partial charge in [0.15, 0.2) is 0 Å². The highest BCUT2D eigenvalue weighted by Gasteiger charge is 2.27. The maximum atomic E-state index is 12.9. The Bertz CT molecular complexity index is 953. The molecule has 0 unspecified atom stereocenters. The lowest BCUT2D eigenvalue weighted by atomic mass is 10.0. The third-order valence-electron chi connectivity index (χ3n) is 4.50. The highest BCUT2D eigenvalue weighted by molar-refractivity contribution is 6.33. The molecule has 0 saturated carbocycles. The molecular weight excluding hydrogens is 350 g/mol. The summed E-state index contributed by atoms with van der Waals surface area (Å²) in [6.07, 6.45) is 0.715. The first kappa shape index (κ1) is 16.7. The Balaban J connectivity index is 1.63. The van der Waals surface area contributed by atoms with Gasteiger partial charge in [-0.05, 0) is 25.1 Å². The van der Waals surface area contributed by atoms with Crippen LogP contribution >= 0.6 is 11.6 Å². The lowest BCUT2D eigenvalue weighted by Gasteiger charge is -2.26. The summed E-state index contributed by atoms with van der Waals surface area (Å²) >= 11 is 6.49. The minimum Gasteiger partial charge on any atom is -0.493 e. The Morgan fingerprint density at radius 1 is 1.19 bits per heavy atom. The number of carbonyl (C=O) groups excluding carboxylic acids is 1. The van der Waals surface area contributed by atoms with Crippen molar-refractivity contribution in [3.63, 3.8) is 0 Å². The zero-order valence-electron chi connectivity index (χ0n) is 14.3. The zero-order valence-corrected chi connectivity index (χ0v) is 15.0. The van der Waals surface area contributed by atoms with Crippen LogP contribution in [0.3, 0.4) is 0 Å². The van der Waals surface area contributed by atoms with Crippen LogP contribution < -0.4 is 10.1 Å². The molecule has 6 heteroatoms. The van der Waals surface area contributed by atoms with Gasteiger partial charge >= 0.3 is 0 Å². The number of amides is 1. The van der Waals surface area contributed by atoms with E-state index in [1.807, 2.05) is 54.6 Å². The van der Waals surface area contributed by atoms with Crippen molar-refractivity contribution in [2.75, 3.05) is 6.61 Å². The number of nitrogens with one attached hydrogen (secondary N) is 1. The Kier molecular flexibility index (Phi) is 4.39. The SMILES string of the molecule is Cc1nn(-c2ccccc2)c(Cl)c1C(=O)N[C@@H]1CCOc2ccccc21. The third kappa shape index (κ3) is 2.95. The fourth-order valence-electron chi connectivity index (χ4n) is 3.22. The summed E-state index contributed by atoms with van der Waals surface area (Å²) in [5.41, 5.74) is 2.79. The van der Waals surface area contributed by atoms with Gasteiger partial charge in [0.2, 0.25) is 0 Å². The van der Waals surface area contributed by atoms with E-state index in [9.17, 15) is 4.79 Å². The molecule has 132 valence electrons. The maximum Gasteiger partial charge on any atom is 0.256 e. The lowest BCUT2D eigenvalue weighted by Crippen LogP contribution is -2.32. The van der Waals surface area contributed by atoms with Gasteiger partial charge in [-0.2, -0.15) is 5.10 Å². The van der Waals surface area contributed by atoms with Crippen molar-refractivity contribution in [2.24, 2.45) is 0 Å². The lowest BCUT2D eigenvalue weighted by molar-refractivity contribution is 0.0924. The molecule has 3 aromatic rings. The summed E-state index contributed by atoms with van der Waals surface area (Å²) in [5.74, 6) is 0.586. The number of fused-ring (bicyclic) bond motifs is 1. The molecule has 0 spiro atoms. The first-order chi connectivity index (χ1) is 12.6. The summed E-state index contributed by atoms with van der Waals surface area (Å²) < 4.78 is 7.24. The largest absolute Gasteiger partial charge is 0.493 e. The first-order valence-electron chi connectivity index (χ1n) is 8.48. The number of halogens is 1. The molecule has 26 heavy (non-hydrogen) atoms. The molecule has 0 saturated heterocycles. The van der Waals surface area contributed by atoms with E-state index in [0.717, 1.165) is 17.0 Å². The van der Waals surface area contributed by atoms with Crippen LogP contribution in [-0.4, -0.2) is 22.3 Å². The topological polar surface area (TPSA) is 56.2 Å². The Morgan fingerprint density at radius 3 is 2.73 bits per heavy atom. The number of carbonyl (C=O) groups is 1. The Morgan fingerprint density at radius 2 is 1.92 bits per heavy atom. The smallest absolute Gasteiger partial charge is 0.256 e. The molecule has 1 N–H and O–H groups in total. The third-order valence-corrected chi connectivity index (χ3v) is 4.84. The van der Waals surface area contributed by atoms with E-state index in [-0.39, 0.29) is 11.9 Å². The Labute approximate surface area is 156 Å². The molecule has 0 radical (unpaired) electrons. The fourth-order valence-corrected chi connectivity index (χ4v) is 3.58. The summed E-state index contributed by atoms with van der Waals surface area (Å²) in [4.78, 5) is 12.9. The predicted molar refractivity (Wildman–Crippen MR) is 100 cm³/mol. The highest BCUT2D eigenvalue weighted by Crippen LogP contribution is 2.32. The molecule has 1 aromatic heterocycles. The van der Waals surface area contributed by atoms with Gasteiger partial charge in [-0.3, -0.25) is 4.79 Å². The average Bonchev–Trinajstić information content (AvgIpc) is 2.97. The highest BCUT2D eigenvalue weighted by atomic mass is 35.5. The van der Waals surface area contributed by atoms with Gasteiger partial charge in [-0.25, -0.2) is 4.68 Å². The molecule has 0 aliphatic carbocycles. The van der Waals surface area contributed by atoms with Gasteiger partial charge in [0, 0.05) is 12.0 Å². The average molecular weight is 368 g/mol. The van der Waals surface area contributed by atoms with Crippen molar-refractivity contribution in [2.45, 2.75) is 19.4 Å². The second-order valence-corrected chi connectivity index (χ2v) is 6.56. The molecule has 2 aromatic carbocycles. The van der Waals surface area contributed by atoms with Crippen molar-refractivity contribution in [3.8, 4) is 11.4 Å². The molecule has 1 atom stereocenters. The molecule has 0 bridgehead atoms. The number of ether oxygens (including phenoxy) is 1. The second-order valence-electron chi connectivity index (χ2n) is 6.20. The van der Waals surface area contributed by atoms with Crippen LogP contribution in [0, 0.1) is 6.92 Å². The minimum atomic E-state index is -0.226. The quantitative estimate of drug-likeness (QED) is 0.758. The van der Waals surface area contributed by atoms with Crippen LogP contribution in [0.5, 0.6) is 5.75 Å². The van der Waals surface area contributed by atoms with E-state index >= 15 is 0 Å². The van der Waals surface area contributed by atoms with E-state index < -0.39 is 0 Å². The van der Waals surface area contributed by atoms with E-state index in [4.69, 9.17) is 16.3 Å². The molecule has 5 nitrogen and oxygen atoms in total. The van der Waals surface area contributed by atoms with E-state index in [1.54, 1.807) is 11.6 Å². The fraction of sp³-hybridized carbons (Fsp3) is 0.200. The van der Waals surface area contributed by atoms with Crippen molar-refractivity contribution in [3.05, 3.63) is 76.6 Å². The van der Waals surface area contributed by atoms with Crippen molar-refractivity contribution in [1.82, 2.24) is 15.1 Å². The van der Waals surface area contributed by atoms with Gasteiger partial charge in [0.25, 0.3) is 5.91 Å². The van der Waals surface area contributed by atoms with Crippen LogP contribution in [0.4, 0.5) is 0 Å². The van der Waals surface area contributed by atoms with Gasteiger partial charge in [-0.1, -0.05) is 48.0 Å². The number of hydrogen-bond donors (Lipinski definition) is 1. The van der Waals surface area contributed by atoms with Gasteiger partial charge < -0.3 is 10.1 Å². The molecule has 0 fully saturated rings. The van der Waals surface area contributed by atoms with Crippen molar-refractivity contribution >= 4 is 17.5 Å². The standard InChI is InChI=1S/C20H18ClN3O2/c1-13-18(19(21)24(23-13)14-7-3-2-4-8-14)20(25)22-16-11-12-26-17-10-6-5-9-15(16)17/h2-10,16H,11-12H2,1H3,(H,22,25)/t16-/m1/s1. The molecule has 1 aliphatic rings. The maximum absolute atomic E-state index is 12.9. The summed E-state index contributed by atoms with van der Waals surface area (Å²) in [6.45, 7) is 2.36. The monoisotopic (exact) mass is 367 g/mol. The number of rotatable bonds is 3. The van der Waals surface area contributed by atoms with Crippen LogP contribution in [0.1, 0.15) is 34.1 Å². The molecule has 1 amide bonds. The van der Waals surface area contributed by atoms with E-state index in [0.29, 0.717) is 29.4 Å². The molecule has 1 aliphatic heterocycles. The number of aromatic nitrogens is 2. The Hall–Kier alpha value is -2.79. The van der Waals surface area contributed by atoms with E-state index in [2.05, 4.69) is 10.4 Å². The minimum absolute atomic E-state index is 0.108. The number of aryl methyl sites for hydroxylation is 1. The normalized spacial score (nSPS) is 15.8. The van der Waals surface area contributed by atoms with Crippen LogP contribution in [0.15, 0.2) is 54.6 Å². The van der Waals surface area contributed by atoms with Crippen LogP contribution in [0.2, 0.25) is 5.15 Å². The number of hydrogen-bond acceptors (Lipinski definition) is 3.